The quantitative estimate of drug-likeness (QED) is 0.735. The second-order valence-corrected chi connectivity index (χ2v) is 6.11. The molecule has 1 aliphatic carbocycles. The van der Waals surface area contributed by atoms with Crippen molar-refractivity contribution in [3.8, 4) is 0 Å². The van der Waals surface area contributed by atoms with Gasteiger partial charge in [0, 0.05) is 12.0 Å². The van der Waals surface area contributed by atoms with Gasteiger partial charge in [-0.05, 0) is 24.1 Å². The number of fused-ring (bicyclic) bond motifs is 1. The maximum Gasteiger partial charge on any atom is 0.338 e. The summed E-state index contributed by atoms with van der Waals surface area (Å²) in [4.78, 5) is 13.8. The van der Waals surface area contributed by atoms with Gasteiger partial charge in [0.05, 0.1) is 19.7 Å². The number of benzene rings is 2. The highest BCUT2D eigenvalue weighted by atomic mass is 35.5. The number of hydrogen-bond acceptors (Lipinski definition) is 2. The van der Waals surface area contributed by atoms with Crippen LogP contribution in [-0.4, -0.2) is 26.1 Å². The van der Waals surface area contributed by atoms with Crippen molar-refractivity contribution in [2.24, 2.45) is 0 Å². The summed E-state index contributed by atoms with van der Waals surface area (Å²) in [6.07, 6.45) is 1.90. The zero-order chi connectivity index (χ0) is 15.5. The first-order valence-corrected chi connectivity index (χ1v) is 7.80. The zero-order valence-corrected chi connectivity index (χ0v) is 14.2. The third kappa shape index (κ3) is 3.74. The molecule has 0 saturated carbocycles. The highest BCUT2D eigenvalue weighted by Gasteiger charge is 2.36. The lowest BCUT2D eigenvalue weighted by molar-refractivity contribution is -0.891. The summed E-state index contributed by atoms with van der Waals surface area (Å²) in [5, 5.41) is 0. The Kier molecular flexibility index (Phi) is 5.80. The van der Waals surface area contributed by atoms with Gasteiger partial charge >= 0.3 is 5.97 Å². The molecule has 2 aromatic rings. The van der Waals surface area contributed by atoms with E-state index in [1.807, 2.05) is 24.3 Å². The van der Waals surface area contributed by atoms with Gasteiger partial charge in [-0.3, -0.25) is 0 Å². The molecule has 0 spiro atoms. The predicted molar refractivity (Wildman–Crippen MR) is 86.0 cm³/mol. The number of nitrogens with one attached hydrogen (secondary N) is 1. The number of esters is 1. The van der Waals surface area contributed by atoms with E-state index in [1.54, 1.807) is 12.1 Å². The fourth-order valence-electron chi connectivity index (χ4n) is 3.21. The van der Waals surface area contributed by atoms with Crippen molar-refractivity contribution in [3.05, 3.63) is 71.3 Å². The SMILES string of the molecule is C[NH+](C)[C@H]1CCc2ccccc2[C@H]1OC(=O)c1ccccc1.[Cl-]. The molecule has 1 N–H and O–H groups in total. The minimum Gasteiger partial charge on any atom is -1.00 e. The monoisotopic (exact) mass is 331 g/mol. The second kappa shape index (κ2) is 7.62. The smallest absolute Gasteiger partial charge is 0.338 e. The Morgan fingerprint density at radius 3 is 2.39 bits per heavy atom. The predicted octanol–water partition coefficient (Wildman–Crippen LogP) is -0.952. The molecule has 0 amide bonds. The van der Waals surface area contributed by atoms with Crippen molar-refractivity contribution in [1.82, 2.24) is 0 Å². The average Bonchev–Trinajstić information content (AvgIpc) is 2.55. The highest BCUT2D eigenvalue weighted by molar-refractivity contribution is 5.89. The number of rotatable bonds is 3. The van der Waals surface area contributed by atoms with Crippen molar-refractivity contribution in [1.29, 1.82) is 0 Å². The first-order chi connectivity index (χ1) is 10.7. The molecule has 4 heteroatoms. The molecular formula is C19H22ClNO2. The molecule has 3 rings (SSSR count). The van der Waals surface area contributed by atoms with Crippen molar-refractivity contribution in [2.45, 2.75) is 25.0 Å². The standard InChI is InChI=1S/C19H21NO2.ClH/c1-20(2)17-13-12-14-8-6-7-11-16(14)18(17)22-19(21)15-9-4-3-5-10-15;/h3-11,17-18H,12-13H2,1-2H3;1H/t17-,18+;/m0./s1. The third-order valence-electron chi connectivity index (χ3n) is 4.44. The Hall–Kier alpha value is -1.84. The van der Waals surface area contributed by atoms with Crippen LogP contribution in [0.3, 0.4) is 0 Å². The summed E-state index contributed by atoms with van der Waals surface area (Å²) < 4.78 is 5.92. The number of aryl methyl sites for hydroxylation is 1. The molecule has 23 heavy (non-hydrogen) atoms. The number of halogens is 1. The van der Waals surface area contributed by atoms with Crippen LogP contribution in [0.15, 0.2) is 54.6 Å². The van der Waals surface area contributed by atoms with E-state index in [0.717, 1.165) is 18.4 Å². The summed E-state index contributed by atoms with van der Waals surface area (Å²) in [7, 11) is 4.25. The number of quaternary nitrogens is 1. The molecule has 0 aromatic heterocycles. The van der Waals surface area contributed by atoms with E-state index in [2.05, 4.69) is 32.3 Å². The second-order valence-electron chi connectivity index (χ2n) is 6.11. The molecule has 0 bridgehead atoms. The maximum atomic E-state index is 12.5. The molecule has 1 aliphatic rings. The van der Waals surface area contributed by atoms with Crippen molar-refractivity contribution < 1.29 is 26.8 Å². The van der Waals surface area contributed by atoms with E-state index < -0.39 is 0 Å². The molecule has 3 nitrogen and oxygen atoms in total. The van der Waals surface area contributed by atoms with Crippen LogP contribution in [0.5, 0.6) is 0 Å². The Morgan fingerprint density at radius 2 is 1.70 bits per heavy atom. The van der Waals surface area contributed by atoms with Gasteiger partial charge in [0.15, 0.2) is 6.10 Å². The number of ether oxygens (including phenoxy) is 1. The minimum absolute atomic E-state index is 0. The average molecular weight is 332 g/mol. The molecule has 0 heterocycles. The lowest BCUT2D eigenvalue weighted by Gasteiger charge is -2.34. The summed E-state index contributed by atoms with van der Waals surface area (Å²) in [5.74, 6) is -0.242. The fraction of sp³-hybridized carbons (Fsp3) is 0.316. The van der Waals surface area contributed by atoms with Crippen LogP contribution in [-0.2, 0) is 11.2 Å². The van der Waals surface area contributed by atoms with Gasteiger partial charge in [-0.1, -0.05) is 42.5 Å². The molecule has 0 radical (unpaired) electrons. The lowest BCUT2D eigenvalue weighted by atomic mass is 9.85. The van der Waals surface area contributed by atoms with E-state index in [-0.39, 0.29) is 24.5 Å². The van der Waals surface area contributed by atoms with Gasteiger partial charge in [0.2, 0.25) is 0 Å². The molecule has 0 saturated heterocycles. The van der Waals surface area contributed by atoms with E-state index >= 15 is 0 Å². The first kappa shape index (κ1) is 17.5. The van der Waals surface area contributed by atoms with Crippen molar-refractivity contribution >= 4 is 5.97 Å². The molecule has 0 unspecified atom stereocenters. The van der Waals surface area contributed by atoms with E-state index in [1.165, 1.54) is 10.5 Å². The topological polar surface area (TPSA) is 30.7 Å². The van der Waals surface area contributed by atoms with Gasteiger partial charge in [-0.15, -0.1) is 0 Å². The molecule has 2 atom stereocenters. The summed E-state index contributed by atoms with van der Waals surface area (Å²) in [6.45, 7) is 0. The van der Waals surface area contributed by atoms with Crippen LogP contribution in [0.1, 0.15) is 34.0 Å². The van der Waals surface area contributed by atoms with Crippen LogP contribution in [0.4, 0.5) is 0 Å². The van der Waals surface area contributed by atoms with Gasteiger partial charge in [-0.2, -0.15) is 0 Å². The van der Waals surface area contributed by atoms with Crippen molar-refractivity contribution in [3.63, 3.8) is 0 Å². The number of carbonyl (C=O) groups is 1. The molecule has 0 aliphatic heterocycles. The van der Waals surface area contributed by atoms with Crippen LogP contribution >= 0.6 is 0 Å². The Balaban J connectivity index is 0.00000192. The van der Waals surface area contributed by atoms with Gasteiger partial charge < -0.3 is 22.0 Å². The first-order valence-electron chi connectivity index (χ1n) is 7.80. The zero-order valence-electron chi connectivity index (χ0n) is 13.5. The van der Waals surface area contributed by atoms with Gasteiger partial charge in [-0.25, -0.2) is 4.79 Å². The van der Waals surface area contributed by atoms with Crippen LogP contribution in [0.2, 0.25) is 0 Å². The Bertz CT molecular complexity index is 657. The van der Waals surface area contributed by atoms with E-state index in [9.17, 15) is 4.79 Å². The summed E-state index contributed by atoms with van der Waals surface area (Å²) >= 11 is 0. The molecular weight excluding hydrogens is 310 g/mol. The third-order valence-corrected chi connectivity index (χ3v) is 4.44. The Labute approximate surface area is 143 Å². The van der Waals surface area contributed by atoms with Gasteiger partial charge in [0.1, 0.15) is 6.04 Å². The lowest BCUT2D eigenvalue weighted by Crippen LogP contribution is -3.11. The summed E-state index contributed by atoms with van der Waals surface area (Å²) in [6, 6.07) is 17.8. The summed E-state index contributed by atoms with van der Waals surface area (Å²) in [5.41, 5.74) is 3.06. The Morgan fingerprint density at radius 1 is 1.04 bits per heavy atom. The minimum atomic E-state index is -0.242. The van der Waals surface area contributed by atoms with Crippen LogP contribution < -0.4 is 17.3 Å². The maximum absolute atomic E-state index is 12.5. The van der Waals surface area contributed by atoms with E-state index in [0.29, 0.717) is 11.6 Å². The van der Waals surface area contributed by atoms with Gasteiger partial charge in [0.25, 0.3) is 0 Å². The van der Waals surface area contributed by atoms with Crippen LogP contribution in [0, 0.1) is 0 Å². The number of carbonyl (C=O) groups excluding carboxylic acids is 1. The largest absolute Gasteiger partial charge is 1.00 e. The fourth-order valence-corrected chi connectivity index (χ4v) is 3.21. The number of hydrogen-bond donors (Lipinski definition) is 1. The van der Waals surface area contributed by atoms with Crippen LogP contribution in [0.25, 0.3) is 0 Å². The normalized spacial score (nSPS) is 19.6. The highest BCUT2D eigenvalue weighted by Crippen LogP contribution is 2.32. The number of likely N-dealkylation sites (N-methyl/N-ethyl adjacent to an activating group) is 1. The van der Waals surface area contributed by atoms with E-state index in [4.69, 9.17) is 4.74 Å². The molecule has 2 aromatic carbocycles. The molecule has 0 fully saturated rings. The molecule has 122 valence electrons. The van der Waals surface area contributed by atoms with Crippen molar-refractivity contribution in [2.75, 3.05) is 14.1 Å².